The summed E-state index contributed by atoms with van der Waals surface area (Å²) in [5, 5.41) is 11.5. The standard InChI is InChI=1S/C16H20N2O5/c1-3-4-11(16(21)22)17-14(19)8-18-12-7-10(2)5-6-13(12)23-9-15(18)20/h5-7,11H,3-4,8-9H2,1-2H3,(H,17,19)(H,21,22). The third-order valence-electron chi connectivity index (χ3n) is 3.57. The van der Waals surface area contributed by atoms with Crippen molar-refractivity contribution in [3.8, 4) is 5.75 Å². The third-order valence-corrected chi connectivity index (χ3v) is 3.57. The quantitative estimate of drug-likeness (QED) is 0.818. The normalized spacial score (nSPS) is 14.7. The lowest BCUT2D eigenvalue weighted by Gasteiger charge is -2.29. The van der Waals surface area contributed by atoms with Crippen LogP contribution in [0.5, 0.6) is 5.75 Å². The van der Waals surface area contributed by atoms with E-state index in [4.69, 9.17) is 9.84 Å². The second-order valence-electron chi connectivity index (χ2n) is 5.49. The van der Waals surface area contributed by atoms with Gasteiger partial charge in [0.1, 0.15) is 18.3 Å². The predicted octanol–water partition coefficient (Wildman–Crippen LogP) is 1.09. The van der Waals surface area contributed by atoms with Crippen LogP contribution in [0.3, 0.4) is 0 Å². The first-order valence-corrected chi connectivity index (χ1v) is 7.48. The fraction of sp³-hybridized carbons (Fsp3) is 0.438. The molecule has 2 amide bonds. The van der Waals surface area contributed by atoms with Crippen molar-refractivity contribution >= 4 is 23.5 Å². The van der Waals surface area contributed by atoms with Crippen LogP contribution in [-0.2, 0) is 14.4 Å². The van der Waals surface area contributed by atoms with Crippen LogP contribution in [0.2, 0.25) is 0 Å². The molecule has 0 radical (unpaired) electrons. The van der Waals surface area contributed by atoms with E-state index in [2.05, 4.69) is 5.32 Å². The maximum Gasteiger partial charge on any atom is 0.326 e. The molecule has 1 aromatic carbocycles. The molecule has 1 atom stereocenters. The SMILES string of the molecule is CCCC(NC(=O)CN1C(=O)COc2ccc(C)cc21)C(=O)O. The highest BCUT2D eigenvalue weighted by Gasteiger charge is 2.28. The Morgan fingerprint density at radius 1 is 1.43 bits per heavy atom. The summed E-state index contributed by atoms with van der Waals surface area (Å²) in [6.45, 7) is 3.35. The Hall–Kier alpha value is -2.57. The lowest BCUT2D eigenvalue weighted by molar-refractivity contribution is -0.141. The molecular formula is C16H20N2O5. The fourth-order valence-corrected chi connectivity index (χ4v) is 2.42. The van der Waals surface area contributed by atoms with Gasteiger partial charge in [0.25, 0.3) is 5.91 Å². The lowest BCUT2D eigenvalue weighted by Crippen LogP contribution is -2.49. The first-order chi connectivity index (χ1) is 10.9. The van der Waals surface area contributed by atoms with Gasteiger partial charge in [-0.05, 0) is 31.0 Å². The Morgan fingerprint density at radius 3 is 2.83 bits per heavy atom. The number of hydrogen-bond acceptors (Lipinski definition) is 4. The van der Waals surface area contributed by atoms with Gasteiger partial charge in [0.2, 0.25) is 5.91 Å². The van der Waals surface area contributed by atoms with Gasteiger partial charge in [-0.25, -0.2) is 4.79 Å². The number of carboxylic acid groups (broad SMARTS) is 1. The number of nitrogens with one attached hydrogen (secondary N) is 1. The monoisotopic (exact) mass is 320 g/mol. The van der Waals surface area contributed by atoms with Crippen molar-refractivity contribution in [2.75, 3.05) is 18.1 Å². The van der Waals surface area contributed by atoms with Crippen molar-refractivity contribution < 1.29 is 24.2 Å². The molecule has 1 aliphatic heterocycles. The molecule has 0 aliphatic carbocycles. The number of nitrogens with zero attached hydrogens (tertiary/aromatic N) is 1. The van der Waals surface area contributed by atoms with Crippen LogP contribution in [0.25, 0.3) is 0 Å². The Bertz CT molecular complexity index is 629. The van der Waals surface area contributed by atoms with Gasteiger partial charge >= 0.3 is 5.97 Å². The molecule has 0 saturated heterocycles. The number of hydrogen-bond donors (Lipinski definition) is 2. The number of aryl methyl sites for hydroxylation is 1. The maximum absolute atomic E-state index is 12.1. The molecule has 2 N–H and O–H groups in total. The summed E-state index contributed by atoms with van der Waals surface area (Å²) >= 11 is 0. The third kappa shape index (κ3) is 4.00. The molecule has 1 aromatic rings. The van der Waals surface area contributed by atoms with Crippen LogP contribution in [-0.4, -0.2) is 42.1 Å². The van der Waals surface area contributed by atoms with E-state index in [1.54, 1.807) is 12.1 Å². The minimum atomic E-state index is -1.08. The van der Waals surface area contributed by atoms with Crippen molar-refractivity contribution in [1.82, 2.24) is 5.32 Å². The minimum absolute atomic E-state index is 0.138. The van der Waals surface area contributed by atoms with Crippen LogP contribution >= 0.6 is 0 Å². The van der Waals surface area contributed by atoms with E-state index in [0.29, 0.717) is 24.3 Å². The van der Waals surface area contributed by atoms with Crippen molar-refractivity contribution in [1.29, 1.82) is 0 Å². The van der Waals surface area contributed by atoms with Crippen LogP contribution in [0.1, 0.15) is 25.3 Å². The lowest BCUT2D eigenvalue weighted by atomic mass is 10.1. The summed E-state index contributed by atoms with van der Waals surface area (Å²) in [6, 6.07) is 4.43. The van der Waals surface area contributed by atoms with E-state index < -0.39 is 17.9 Å². The summed E-state index contributed by atoms with van der Waals surface area (Å²) < 4.78 is 5.34. The van der Waals surface area contributed by atoms with Gasteiger partial charge in [-0.2, -0.15) is 0 Å². The Morgan fingerprint density at radius 2 is 2.17 bits per heavy atom. The molecule has 0 spiro atoms. The Labute approximate surface area is 134 Å². The predicted molar refractivity (Wildman–Crippen MR) is 83.5 cm³/mol. The van der Waals surface area contributed by atoms with Crippen molar-refractivity contribution in [2.24, 2.45) is 0 Å². The first kappa shape index (κ1) is 16.8. The van der Waals surface area contributed by atoms with Crippen molar-refractivity contribution in [3.63, 3.8) is 0 Å². The molecule has 23 heavy (non-hydrogen) atoms. The number of ether oxygens (including phenoxy) is 1. The average Bonchev–Trinajstić information content (AvgIpc) is 2.49. The second-order valence-corrected chi connectivity index (χ2v) is 5.49. The molecular weight excluding hydrogens is 300 g/mol. The topological polar surface area (TPSA) is 95.9 Å². The molecule has 0 fully saturated rings. The zero-order valence-electron chi connectivity index (χ0n) is 13.2. The summed E-state index contributed by atoms with van der Waals surface area (Å²) in [4.78, 5) is 36.6. The molecule has 124 valence electrons. The molecule has 0 bridgehead atoms. The van der Waals surface area contributed by atoms with E-state index in [-0.39, 0.29) is 19.1 Å². The second kappa shape index (κ2) is 7.13. The van der Waals surface area contributed by atoms with E-state index >= 15 is 0 Å². The van der Waals surface area contributed by atoms with Gasteiger partial charge in [0.05, 0.1) is 5.69 Å². The Kier molecular flexibility index (Phi) is 5.20. The fourth-order valence-electron chi connectivity index (χ4n) is 2.42. The maximum atomic E-state index is 12.1. The van der Waals surface area contributed by atoms with Crippen LogP contribution < -0.4 is 15.0 Å². The van der Waals surface area contributed by atoms with Gasteiger partial charge in [-0.15, -0.1) is 0 Å². The summed E-state index contributed by atoms with van der Waals surface area (Å²) in [5.74, 6) is -1.38. The van der Waals surface area contributed by atoms with E-state index in [1.165, 1.54) is 4.90 Å². The number of amides is 2. The number of benzene rings is 1. The summed E-state index contributed by atoms with van der Waals surface area (Å²) in [7, 11) is 0. The minimum Gasteiger partial charge on any atom is -0.482 e. The number of aliphatic carboxylic acids is 1. The van der Waals surface area contributed by atoms with Crippen LogP contribution in [0, 0.1) is 6.92 Å². The van der Waals surface area contributed by atoms with E-state index in [0.717, 1.165) is 5.56 Å². The molecule has 1 unspecified atom stereocenters. The first-order valence-electron chi connectivity index (χ1n) is 7.48. The molecule has 1 aliphatic rings. The number of carbonyl (C=O) groups excluding carboxylic acids is 2. The zero-order chi connectivity index (χ0) is 17.0. The summed E-state index contributed by atoms with van der Waals surface area (Å²) in [6.07, 6.45) is 0.976. The van der Waals surface area contributed by atoms with Gasteiger partial charge < -0.3 is 15.2 Å². The average molecular weight is 320 g/mol. The largest absolute Gasteiger partial charge is 0.482 e. The number of carbonyl (C=O) groups is 3. The number of fused-ring (bicyclic) bond motifs is 1. The van der Waals surface area contributed by atoms with Gasteiger partial charge in [-0.1, -0.05) is 19.4 Å². The highest BCUT2D eigenvalue weighted by atomic mass is 16.5. The van der Waals surface area contributed by atoms with Gasteiger partial charge in [-0.3, -0.25) is 14.5 Å². The zero-order valence-corrected chi connectivity index (χ0v) is 13.2. The van der Waals surface area contributed by atoms with Crippen molar-refractivity contribution in [3.05, 3.63) is 23.8 Å². The summed E-state index contributed by atoms with van der Waals surface area (Å²) in [5.41, 5.74) is 1.46. The van der Waals surface area contributed by atoms with E-state index in [9.17, 15) is 14.4 Å². The number of anilines is 1. The van der Waals surface area contributed by atoms with Gasteiger partial charge in [0.15, 0.2) is 6.61 Å². The highest BCUT2D eigenvalue weighted by Crippen LogP contribution is 2.32. The van der Waals surface area contributed by atoms with Crippen LogP contribution in [0.15, 0.2) is 18.2 Å². The van der Waals surface area contributed by atoms with Gasteiger partial charge in [0, 0.05) is 0 Å². The number of rotatable bonds is 6. The van der Waals surface area contributed by atoms with Crippen LogP contribution in [0.4, 0.5) is 5.69 Å². The smallest absolute Gasteiger partial charge is 0.326 e. The molecule has 0 aromatic heterocycles. The molecule has 7 nitrogen and oxygen atoms in total. The Balaban J connectivity index is 2.13. The van der Waals surface area contributed by atoms with Crippen molar-refractivity contribution in [2.45, 2.75) is 32.7 Å². The number of carboxylic acids is 1. The highest BCUT2D eigenvalue weighted by molar-refractivity contribution is 6.02. The molecule has 7 heteroatoms. The molecule has 1 heterocycles. The van der Waals surface area contributed by atoms with E-state index in [1.807, 2.05) is 19.9 Å². The molecule has 0 saturated carbocycles. The molecule has 2 rings (SSSR count).